The predicted molar refractivity (Wildman–Crippen MR) is 41.4 cm³/mol. The van der Waals surface area contributed by atoms with E-state index in [9.17, 15) is 8.78 Å². The summed E-state index contributed by atoms with van der Waals surface area (Å²) in [6.45, 7) is 1.33. The third-order valence-electron chi connectivity index (χ3n) is 1.58. The number of anilines is 1. The zero-order chi connectivity index (χ0) is 9.30. The minimum absolute atomic E-state index is 0.0592. The van der Waals surface area contributed by atoms with Crippen molar-refractivity contribution in [2.75, 3.05) is 5.73 Å². The van der Waals surface area contributed by atoms with Crippen molar-refractivity contribution >= 4 is 5.69 Å². The summed E-state index contributed by atoms with van der Waals surface area (Å²) in [5.41, 5.74) is 5.20. The number of nitrogen functional groups attached to an aromatic ring is 1. The first-order valence-corrected chi connectivity index (χ1v) is 3.45. The second-order valence-corrected chi connectivity index (χ2v) is 2.54. The third-order valence-corrected chi connectivity index (χ3v) is 1.58. The standard InChI is InChI=1S/C8H9F2NO/c1-4(12)7-6(11)3-2-5(9)8(7)10/h2-4,12H,11H2,1H3. The van der Waals surface area contributed by atoms with Crippen molar-refractivity contribution < 1.29 is 13.9 Å². The van der Waals surface area contributed by atoms with E-state index in [0.717, 1.165) is 6.07 Å². The second-order valence-electron chi connectivity index (χ2n) is 2.54. The van der Waals surface area contributed by atoms with Gasteiger partial charge in [0.2, 0.25) is 0 Å². The van der Waals surface area contributed by atoms with Gasteiger partial charge in [-0.15, -0.1) is 0 Å². The summed E-state index contributed by atoms with van der Waals surface area (Å²) in [6.07, 6.45) is -1.10. The van der Waals surface area contributed by atoms with Crippen LogP contribution in [-0.4, -0.2) is 5.11 Å². The Kier molecular flexibility index (Phi) is 2.28. The molecule has 3 N–H and O–H groups in total. The molecule has 1 aromatic carbocycles. The highest BCUT2D eigenvalue weighted by atomic mass is 19.2. The van der Waals surface area contributed by atoms with Crippen molar-refractivity contribution in [2.45, 2.75) is 13.0 Å². The summed E-state index contributed by atoms with van der Waals surface area (Å²) in [5, 5.41) is 9.02. The number of hydrogen-bond acceptors (Lipinski definition) is 2. The summed E-state index contributed by atoms with van der Waals surface area (Å²) in [6, 6.07) is 2.15. The van der Waals surface area contributed by atoms with Gasteiger partial charge in [0.15, 0.2) is 11.6 Å². The molecule has 0 saturated carbocycles. The Labute approximate surface area is 68.6 Å². The fourth-order valence-corrected chi connectivity index (χ4v) is 1.01. The number of halogens is 2. The molecular weight excluding hydrogens is 164 g/mol. The van der Waals surface area contributed by atoms with E-state index in [-0.39, 0.29) is 11.3 Å². The maximum absolute atomic E-state index is 12.9. The van der Waals surface area contributed by atoms with Gasteiger partial charge in [-0.05, 0) is 19.1 Å². The molecule has 1 rings (SSSR count). The van der Waals surface area contributed by atoms with Crippen LogP contribution in [0.2, 0.25) is 0 Å². The molecule has 0 spiro atoms. The van der Waals surface area contributed by atoms with Crippen molar-refractivity contribution in [1.29, 1.82) is 0 Å². The van der Waals surface area contributed by atoms with Crippen LogP contribution in [-0.2, 0) is 0 Å². The summed E-state index contributed by atoms with van der Waals surface area (Å²) < 4.78 is 25.5. The van der Waals surface area contributed by atoms with E-state index >= 15 is 0 Å². The summed E-state index contributed by atoms with van der Waals surface area (Å²) >= 11 is 0. The van der Waals surface area contributed by atoms with Gasteiger partial charge in [0, 0.05) is 11.3 Å². The topological polar surface area (TPSA) is 46.2 Å². The van der Waals surface area contributed by atoms with Crippen LogP contribution in [0.1, 0.15) is 18.6 Å². The van der Waals surface area contributed by atoms with Crippen molar-refractivity contribution in [1.82, 2.24) is 0 Å². The number of rotatable bonds is 1. The lowest BCUT2D eigenvalue weighted by molar-refractivity contribution is 0.193. The molecule has 0 fully saturated rings. The first kappa shape index (κ1) is 8.93. The van der Waals surface area contributed by atoms with Gasteiger partial charge in [0.1, 0.15) is 0 Å². The van der Waals surface area contributed by atoms with Gasteiger partial charge < -0.3 is 10.8 Å². The van der Waals surface area contributed by atoms with E-state index in [1.54, 1.807) is 0 Å². The molecule has 0 bridgehead atoms. The molecule has 0 amide bonds. The van der Waals surface area contributed by atoms with Crippen LogP contribution >= 0.6 is 0 Å². The van der Waals surface area contributed by atoms with Crippen LogP contribution in [0.5, 0.6) is 0 Å². The Morgan fingerprint density at radius 2 is 2.00 bits per heavy atom. The molecule has 12 heavy (non-hydrogen) atoms. The molecule has 4 heteroatoms. The second kappa shape index (κ2) is 3.06. The zero-order valence-electron chi connectivity index (χ0n) is 6.51. The van der Waals surface area contributed by atoms with Crippen LogP contribution in [0.15, 0.2) is 12.1 Å². The highest BCUT2D eigenvalue weighted by Crippen LogP contribution is 2.24. The Morgan fingerprint density at radius 3 is 2.42 bits per heavy atom. The molecule has 1 atom stereocenters. The van der Waals surface area contributed by atoms with Gasteiger partial charge in [0.25, 0.3) is 0 Å². The Bertz CT molecular complexity index is 299. The number of aliphatic hydroxyl groups is 1. The summed E-state index contributed by atoms with van der Waals surface area (Å²) in [5.74, 6) is -2.08. The first-order valence-electron chi connectivity index (χ1n) is 3.45. The normalized spacial score (nSPS) is 13.0. The number of aliphatic hydroxyl groups excluding tert-OH is 1. The monoisotopic (exact) mass is 173 g/mol. The zero-order valence-corrected chi connectivity index (χ0v) is 6.51. The number of hydrogen-bond donors (Lipinski definition) is 2. The molecule has 0 aliphatic carbocycles. The molecule has 0 aliphatic rings. The van der Waals surface area contributed by atoms with Gasteiger partial charge in [-0.2, -0.15) is 0 Å². The molecule has 1 unspecified atom stereocenters. The van der Waals surface area contributed by atoms with Gasteiger partial charge in [0.05, 0.1) is 6.10 Å². The molecule has 1 aromatic rings. The average Bonchev–Trinajstić information content (AvgIpc) is 1.97. The largest absolute Gasteiger partial charge is 0.398 e. The lowest BCUT2D eigenvalue weighted by Crippen LogP contribution is -2.03. The molecule has 66 valence electrons. The molecule has 0 radical (unpaired) electrons. The quantitative estimate of drug-likeness (QED) is 0.633. The van der Waals surface area contributed by atoms with Crippen molar-refractivity contribution in [2.24, 2.45) is 0 Å². The van der Waals surface area contributed by atoms with E-state index < -0.39 is 17.7 Å². The Balaban J connectivity index is 3.33. The van der Waals surface area contributed by atoms with Gasteiger partial charge in [-0.1, -0.05) is 0 Å². The van der Waals surface area contributed by atoms with Crippen LogP contribution in [0.4, 0.5) is 14.5 Å². The lowest BCUT2D eigenvalue weighted by atomic mass is 10.1. The van der Waals surface area contributed by atoms with E-state index in [2.05, 4.69) is 0 Å². The molecule has 0 saturated heterocycles. The molecule has 0 aromatic heterocycles. The SMILES string of the molecule is CC(O)c1c(N)ccc(F)c1F. The van der Waals surface area contributed by atoms with Crippen molar-refractivity contribution in [3.63, 3.8) is 0 Å². The fraction of sp³-hybridized carbons (Fsp3) is 0.250. The van der Waals surface area contributed by atoms with Gasteiger partial charge in [-0.25, -0.2) is 8.78 Å². The Hall–Kier alpha value is -1.16. The lowest BCUT2D eigenvalue weighted by Gasteiger charge is -2.09. The maximum Gasteiger partial charge on any atom is 0.166 e. The van der Waals surface area contributed by atoms with Crippen molar-refractivity contribution in [3.8, 4) is 0 Å². The Morgan fingerprint density at radius 1 is 1.42 bits per heavy atom. The molecular formula is C8H9F2NO. The van der Waals surface area contributed by atoms with Crippen LogP contribution in [0.3, 0.4) is 0 Å². The smallest absolute Gasteiger partial charge is 0.166 e. The van der Waals surface area contributed by atoms with Gasteiger partial charge in [-0.3, -0.25) is 0 Å². The van der Waals surface area contributed by atoms with Crippen LogP contribution < -0.4 is 5.73 Å². The first-order chi connectivity index (χ1) is 5.54. The number of nitrogens with two attached hydrogens (primary N) is 1. The summed E-state index contributed by atoms with van der Waals surface area (Å²) in [7, 11) is 0. The van der Waals surface area contributed by atoms with E-state index in [1.165, 1.54) is 13.0 Å². The van der Waals surface area contributed by atoms with E-state index in [1.807, 2.05) is 0 Å². The predicted octanol–water partition coefficient (Wildman–Crippen LogP) is 1.60. The van der Waals surface area contributed by atoms with Crippen molar-refractivity contribution in [3.05, 3.63) is 29.3 Å². The van der Waals surface area contributed by atoms with Crippen LogP contribution in [0.25, 0.3) is 0 Å². The summed E-state index contributed by atoms with van der Waals surface area (Å²) in [4.78, 5) is 0. The minimum Gasteiger partial charge on any atom is -0.398 e. The minimum atomic E-state index is -1.10. The molecule has 0 aliphatic heterocycles. The maximum atomic E-state index is 12.9. The van der Waals surface area contributed by atoms with Gasteiger partial charge >= 0.3 is 0 Å². The average molecular weight is 173 g/mol. The highest BCUT2D eigenvalue weighted by molar-refractivity contribution is 5.48. The van der Waals surface area contributed by atoms with E-state index in [4.69, 9.17) is 10.8 Å². The van der Waals surface area contributed by atoms with E-state index in [0.29, 0.717) is 0 Å². The molecule has 0 heterocycles. The highest BCUT2D eigenvalue weighted by Gasteiger charge is 2.15. The third kappa shape index (κ3) is 1.38. The molecule has 2 nitrogen and oxygen atoms in total. The number of benzene rings is 1. The fourth-order valence-electron chi connectivity index (χ4n) is 1.01. The van der Waals surface area contributed by atoms with Crippen LogP contribution in [0, 0.1) is 11.6 Å².